The molecule has 0 fully saturated rings. The van der Waals surface area contributed by atoms with Crippen LogP contribution in [0, 0.1) is 0 Å². The average molecular weight is 258 g/mol. The van der Waals surface area contributed by atoms with Gasteiger partial charge in [0.2, 0.25) is 5.91 Å². The number of para-hydroxylation sites is 2. The summed E-state index contributed by atoms with van der Waals surface area (Å²) < 4.78 is 2.14. The van der Waals surface area contributed by atoms with Gasteiger partial charge in [0.05, 0.1) is 21.7 Å². The third-order valence-corrected chi connectivity index (χ3v) is 4.32. The van der Waals surface area contributed by atoms with E-state index in [2.05, 4.69) is 10.6 Å². The summed E-state index contributed by atoms with van der Waals surface area (Å²) in [6.45, 7) is 1.95. The fourth-order valence-electron chi connectivity index (χ4n) is 2.23. The molecule has 1 amide bonds. The summed E-state index contributed by atoms with van der Waals surface area (Å²) in [6, 6.07) is 12.1. The lowest BCUT2D eigenvalue weighted by Crippen LogP contribution is -2.35. The van der Waals surface area contributed by atoms with Crippen molar-refractivity contribution < 1.29 is 4.79 Å². The quantitative estimate of drug-likeness (QED) is 0.726. The third kappa shape index (κ3) is 1.64. The van der Waals surface area contributed by atoms with E-state index >= 15 is 0 Å². The molecule has 0 spiro atoms. The number of hydrogen-bond donors (Lipinski definition) is 0. The normalized spacial score (nSPS) is 18.9. The monoisotopic (exact) mass is 258 g/mol. The van der Waals surface area contributed by atoms with Gasteiger partial charge in [0, 0.05) is 13.2 Å². The Labute approximate surface area is 110 Å². The van der Waals surface area contributed by atoms with Crippen LogP contribution in [0.25, 0.3) is 5.69 Å². The fraction of sp³-hybridized carbons (Fsp3) is 0.214. The zero-order valence-electron chi connectivity index (χ0n) is 10.3. The first kappa shape index (κ1) is 11.4. The molecule has 1 aliphatic rings. The SMILES string of the molecule is CC1Sc2cccn2-c2ccccc2N(C)C1=O. The van der Waals surface area contributed by atoms with Gasteiger partial charge in [-0.1, -0.05) is 23.9 Å². The van der Waals surface area contributed by atoms with E-state index in [1.807, 2.05) is 50.5 Å². The standard InChI is InChI=1S/C14H14N2OS/c1-10-14(17)15(2)11-6-3-4-7-12(11)16-9-5-8-13(16)18-10/h3-10H,1-2H3. The molecule has 1 unspecified atom stereocenters. The van der Waals surface area contributed by atoms with Gasteiger partial charge in [0.1, 0.15) is 0 Å². The Kier molecular flexibility index (Phi) is 2.67. The first-order valence-electron chi connectivity index (χ1n) is 5.89. The van der Waals surface area contributed by atoms with Crippen molar-refractivity contribution in [2.45, 2.75) is 17.2 Å². The number of aromatic nitrogens is 1. The summed E-state index contributed by atoms with van der Waals surface area (Å²) in [5.74, 6) is 0.139. The van der Waals surface area contributed by atoms with E-state index in [-0.39, 0.29) is 11.2 Å². The van der Waals surface area contributed by atoms with Crippen LogP contribution < -0.4 is 4.90 Å². The summed E-state index contributed by atoms with van der Waals surface area (Å²) in [7, 11) is 1.84. The average Bonchev–Trinajstić information content (AvgIpc) is 2.83. The van der Waals surface area contributed by atoms with Crippen LogP contribution >= 0.6 is 11.8 Å². The number of carbonyl (C=O) groups is 1. The highest BCUT2D eigenvalue weighted by Crippen LogP contribution is 2.35. The highest BCUT2D eigenvalue weighted by atomic mass is 32.2. The van der Waals surface area contributed by atoms with Crippen molar-refractivity contribution in [3.8, 4) is 5.69 Å². The van der Waals surface area contributed by atoms with Gasteiger partial charge in [-0.05, 0) is 31.2 Å². The molecule has 2 heterocycles. The lowest BCUT2D eigenvalue weighted by atomic mass is 10.2. The minimum absolute atomic E-state index is 0.0722. The van der Waals surface area contributed by atoms with Crippen molar-refractivity contribution in [3.05, 3.63) is 42.6 Å². The van der Waals surface area contributed by atoms with Gasteiger partial charge in [-0.3, -0.25) is 4.79 Å². The second kappa shape index (κ2) is 4.21. The second-order valence-corrected chi connectivity index (χ2v) is 5.72. The predicted molar refractivity (Wildman–Crippen MR) is 74.5 cm³/mol. The highest BCUT2D eigenvalue weighted by Gasteiger charge is 2.26. The van der Waals surface area contributed by atoms with Gasteiger partial charge in [0.25, 0.3) is 0 Å². The molecule has 3 nitrogen and oxygen atoms in total. The smallest absolute Gasteiger partial charge is 0.240 e. The summed E-state index contributed by atoms with van der Waals surface area (Å²) in [4.78, 5) is 14.0. The largest absolute Gasteiger partial charge is 0.313 e. The summed E-state index contributed by atoms with van der Waals surface area (Å²) >= 11 is 1.60. The maximum Gasteiger partial charge on any atom is 0.240 e. The van der Waals surface area contributed by atoms with Crippen molar-refractivity contribution >= 4 is 23.4 Å². The van der Waals surface area contributed by atoms with Gasteiger partial charge in [-0.25, -0.2) is 0 Å². The van der Waals surface area contributed by atoms with Crippen LogP contribution in [0.15, 0.2) is 47.6 Å². The minimum Gasteiger partial charge on any atom is -0.313 e. The number of nitrogens with zero attached hydrogens (tertiary/aromatic N) is 2. The number of anilines is 1. The molecule has 1 aromatic heterocycles. The Morgan fingerprint density at radius 3 is 2.61 bits per heavy atom. The fourth-order valence-corrected chi connectivity index (χ4v) is 3.29. The van der Waals surface area contributed by atoms with Crippen LogP contribution in [-0.4, -0.2) is 22.8 Å². The van der Waals surface area contributed by atoms with Crippen molar-refractivity contribution in [3.63, 3.8) is 0 Å². The summed E-state index contributed by atoms with van der Waals surface area (Å²) in [5.41, 5.74) is 2.00. The third-order valence-electron chi connectivity index (χ3n) is 3.19. The number of hydrogen-bond acceptors (Lipinski definition) is 2. The first-order chi connectivity index (χ1) is 8.68. The van der Waals surface area contributed by atoms with Crippen LogP contribution in [0.4, 0.5) is 5.69 Å². The van der Waals surface area contributed by atoms with Gasteiger partial charge < -0.3 is 9.47 Å². The van der Waals surface area contributed by atoms with Gasteiger partial charge in [-0.2, -0.15) is 0 Å². The molecule has 3 rings (SSSR count). The van der Waals surface area contributed by atoms with E-state index in [0.717, 1.165) is 16.4 Å². The molecule has 1 aliphatic heterocycles. The first-order valence-corrected chi connectivity index (χ1v) is 6.77. The molecular formula is C14H14N2OS. The van der Waals surface area contributed by atoms with Crippen LogP contribution in [0.3, 0.4) is 0 Å². The van der Waals surface area contributed by atoms with Crippen LogP contribution in [0.5, 0.6) is 0 Å². The molecule has 0 aliphatic carbocycles. The number of fused-ring (bicyclic) bond motifs is 3. The zero-order chi connectivity index (χ0) is 12.7. The molecule has 0 saturated carbocycles. The van der Waals surface area contributed by atoms with E-state index in [1.54, 1.807) is 16.7 Å². The van der Waals surface area contributed by atoms with Crippen LogP contribution in [0.2, 0.25) is 0 Å². The van der Waals surface area contributed by atoms with E-state index < -0.39 is 0 Å². The Morgan fingerprint density at radius 1 is 1.11 bits per heavy atom. The van der Waals surface area contributed by atoms with Crippen LogP contribution in [0.1, 0.15) is 6.92 Å². The number of thioether (sulfide) groups is 1. The molecule has 1 atom stereocenters. The van der Waals surface area contributed by atoms with Gasteiger partial charge in [-0.15, -0.1) is 0 Å². The maximum atomic E-state index is 12.3. The molecular weight excluding hydrogens is 244 g/mol. The molecule has 2 aromatic rings. The topological polar surface area (TPSA) is 25.2 Å². The maximum absolute atomic E-state index is 12.3. The Bertz CT molecular complexity index is 605. The Balaban J connectivity index is 2.26. The molecule has 92 valence electrons. The summed E-state index contributed by atoms with van der Waals surface area (Å²) in [6.07, 6.45) is 2.04. The molecule has 1 aromatic carbocycles. The minimum atomic E-state index is -0.0722. The highest BCUT2D eigenvalue weighted by molar-refractivity contribution is 8.00. The molecule has 0 N–H and O–H groups in total. The Hall–Kier alpha value is -1.68. The molecule has 18 heavy (non-hydrogen) atoms. The lowest BCUT2D eigenvalue weighted by Gasteiger charge is -2.27. The predicted octanol–water partition coefficient (Wildman–Crippen LogP) is 2.93. The van der Waals surface area contributed by atoms with Gasteiger partial charge >= 0.3 is 0 Å². The van der Waals surface area contributed by atoms with E-state index in [0.29, 0.717) is 0 Å². The van der Waals surface area contributed by atoms with Crippen molar-refractivity contribution in [1.29, 1.82) is 0 Å². The van der Waals surface area contributed by atoms with Crippen LogP contribution in [-0.2, 0) is 4.79 Å². The molecule has 0 radical (unpaired) electrons. The number of carbonyl (C=O) groups excluding carboxylic acids is 1. The second-order valence-electron chi connectivity index (χ2n) is 4.36. The number of rotatable bonds is 0. The zero-order valence-corrected chi connectivity index (χ0v) is 11.1. The number of amides is 1. The van der Waals surface area contributed by atoms with E-state index in [4.69, 9.17) is 0 Å². The van der Waals surface area contributed by atoms with Crippen molar-refractivity contribution in [2.75, 3.05) is 11.9 Å². The van der Waals surface area contributed by atoms with E-state index in [1.165, 1.54) is 0 Å². The van der Waals surface area contributed by atoms with E-state index in [9.17, 15) is 4.79 Å². The van der Waals surface area contributed by atoms with Crippen molar-refractivity contribution in [1.82, 2.24) is 4.57 Å². The molecule has 4 heteroatoms. The van der Waals surface area contributed by atoms with Gasteiger partial charge in [0.15, 0.2) is 0 Å². The molecule has 0 saturated heterocycles. The number of benzene rings is 1. The Morgan fingerprint density at radius 2 is 1.83 bits per heavy atom. The molecule has 0 bridgehead atoms. The lowest BCUT2D eigenvalue weighted by molar-refractivity contribution is -0.117. The summed E-state index contributed by atoms with van der Waals surface area (Å²) in [5, 5.41) is 1.04. The van der Waals surface area contributed by atoms with Crippen molar-refractivity contribution in [2.24, 2.45) is 0 Å².